The van der Waals surface area contributed by atoms with Crippen LogP contribution in [0.3, 0.4) is 0 Å². The van der Waals surface area contributed by atoms with E-state index in [0.717, 1.165) is 5.56 Å². The fourth-order valence-electron chi connectivity index (χ4n) is 3.47. The first kappa shape index (κ1) is 24.3. The number of nitrogens with zero attached hydrogens (tertiary/aromatic N) is 1. The van der Waals surface area contributed by atoms with E-state index < -0.39 is 36.0 Å². The minimum absolute atomic E-state index is 0.206. The minimum Gasteiger partial charge on any atom is -0.368 e. The molecule has 9 nitrogen and oxygen atoms in total. The van der Waals surface area contributed by atoms with Gasteiger partial charge in [-0.3, -0.25) is 14.4 Å². The summed E-state index contributed by atoms with van der Waals surface area (Å²) >= 11 is 1.35. The second-order valence-corrected chi connectivity index (χ2v) is 8.02. The molecule has 1 heterocycles. The van der Waals surface area contributed by atoms with Crippen LogP contribution in [0.5, 0.6) is 0 Å². The van der Waals surface area contributed by atoms with Gasteiger partial charge in [-0.25, -0.2) is 4.79 Å². The molecule has 10 heteroatoms. The molecule has 0 spiro atoms. The van der Waals surface area contributed by atoms with Crippen molar-refractivity contribution in [2.75, 3.05) is 25.1 Å². The van der Waals surface area contributed by atoms with Gasteiger partial charge in [0.25, 0.3) is 0 Å². The van der Waals surface area contributed by atoms with Crippen molar-refractivity contribution in [2.24, 2.45) is 5.73 Å². The Bertz CT molecular complexity index is 804. The van der Waals surface area contributed by atoms with Gasteiger partial charge in [0.1, 0.15) is 12.1 Å². The molecule has 5 N–H and O–H groups in total. The minimum atomic E-state index is -0.941. The maximum Gasteiger partial charge on any atom is 0.315 e. The topological polar surface area (TPSA) is 134 Å². The van der Waals surface area contributed by atoms with Gasteiger partial charge < -0.3 is 26.6 Å². The fraction of sp³-hybridized carbons (Fsp3) is 0.429. The molecule has 0 bridgehead atoms. The first-order valence-corrected chi connectivity index (χ1v) is 11.3. The highest BCUT2D eigenvalue weighted by atomic mass is 32.2. The average molecular weight is 448 g/mol. The third kappa shape index (κ3) is 7.02. The number of urea groups is 1. The van der Waals surface area contributed by atoms with Crippen LogP contribution in [-0.2, 0) is 20.8 Å². The molecule has 0 saturated carbocycles. The van der Waals surface area contributed by atoms with E-state index in [2.05, 4.69) is 22.5 Å². The zero-order valence-corrected chi connectivity index (χ0v) is 18.3. The molecule has 1 aromatic carbocycles. The lowest BCUT2D eigenvalue weighted by atomic mass is 10.0. The number of amides is 5. The number of carbonyl (C=O) groups is 4. The molecule has 0 unspecified atom stereocenters. The van der Waals surface area contributed by atoms with Gasteiger partial charge in [-0.05, 0) is 18.2 Å². The van der Waals surface area contributed by atoms with Gasteiger partial charge in [-0.2, -0.15) is 11.8 Å². The van der Waals surface area contributed by atoms with Crippen LogP contribution in [0, 0.1) is 0 Å². The molecule has 2 rings (SSSR count). The van der Waals surface area contributed by atoms with E-state index in [1.165, 1.54) is 22.7 Å². The van der Waals surface area contributed by atoms with Gasteiger partial charge in [-0.1, -0.05) is 36.4 Å². The third-order valence-corrected chi connectivity index (χ3v) is 5.46. The van der Waals surface area contributed by atoms with E-state index in [9.17, 15) is 19.2 Å². The van der Waals surface area contributed by atoms with Gasteiger partial charge in [0, 0.05) is 19.5 Å². The number of rotatable bonds is 10. The molecule has 0 radical (unpaired) electrons. The molecule has 1 aliphatic heterocycles. The van der Waals surface area contributed by atoms with Crippen LogP contribution in [0.4, 0.5) is 4.79 Å². The average Bonchev–Trinajstić information content (AvgIpc) is 3.16. The zero-order chi connectivity index (χ0) is 22.8. The quantitative estimate of drug-likeness (QED) is 0.375. The molecule has 0 aromatic heterocycles. The van der Waals surface area contributed by atoms with E-state index in [-0.39, 0.29) is 24.6 Å². The smallest absolute Gasteiger partial charge is 0.315 e. The highest BCUT2D eigenvalue weighted by molar-refractivity contribution is 7.99. The summed E-state index contributed by atoms with van der Waals surface area (Å²) in [5, 5.41) is 8.02. The summed E-state index contributed by atoms with van der Waals surface area (Å²) in [5.41, 5.74) is 6.36. The summed E-state index contributed by atoms with van der Waals surface area (Å²) in [5.74, 6) is -1.20. The number of benzene rings is 1. The largest absolute Gasteiger partial charge is 0.368 e. The first-order valence-electron chi connectivity index (χ1n) is 9.94. The Balaban J connectivity index is 2.17. The number of thioether (sulfide) groups is 1. The summed E-state index contributed by atoms with van der Waals surface area (Å²) < 4.78 is 0. The maximum absolute atomic E-state index is 13.2. The number of primary amides is 1. The van der Waals surface area contributed by atoms with Crippen molar-refractivity contribution in [3.05, 3.63) is 48.6 Å². The monoisotopic (exact) mass is 447 g/mol. The SMILES string of the molecule is C=CCNC(=O)N[C@H]1CCN(C(=O)CSC)[C@@H]1C(=O)N[C@H](Cc1ccccc1)C(N)=O. The van der Waals surface area contributed by atoms with Gasteiger partial charge in [-0.15, -0.1) is 6.58 Å². The van der Waals surface area contributed by atoms with E-state index in [4.69, 9.17) is 5.73 Å². The Kier molecular flexibility index (Phi) is 9.39. The summed E-state index contributed by atoms with van der Waals surface area (Å²) in [6.45, 7) is 4.13. The highest BCUT2D eigenvalue weighted by Crippen LogP contribution is 2.20. The number of hydrogen-bond donors (Lipinski definition) is 4. The standard InChI is InChI=1S/C21H29N5O4S/c1-3-10-23-21(30)25-15-9-11-26(17(27)13-31-2)18(15)20(29)24-16(19(22)28)12-14-7-5-4-6-8-14/h3-8,15-16,18H,1,9-13H2,2H3,(H2,22,28)(H,24,29)(H2,23,25,30)/t15-,16+,18-/m0/s1. The van der Waals surface area contributed by atoms with Gasteiger partial charge in [0.15, 0.2) is 0 Å². The lowest BCUT2D eigenvalue weighted by Crippen LogP contribution is -2.59. The molecule has 1 aliphatic rings. The number of nitrogens with one attached hydrogen (secondary N) is 3. The fourth-order valence-corrected chi connectivity index (χ4v) is 3.88. The Morgan fingerprint density at radius 2 is 2.00 bits per heavy atom. The van der Waals surface area contributed by atoms with E-state index in [1.54, 1.807) is 6.26 Å². The van der Waals surface area contributed by atoms with Crippen LogP contribution in [0.15, 0.2) is 43.0 Å². The Morgan fingerprint density at radius 3 is 2.61 bits per heavy atom. The van der Waals surface area contributed by atoms with E-state index >= 15 is 0 Å². The van der Waals surface area contributed by atoms with Gasteiger partial charge >= 0.3 is 6.03 Å². The second kappa shape index (κ2) is 12.0. The van der Waals surface area contributed by atoms with Crippen LogP contribution in [-0.4, -0.2) is 71.9 Å². The molecule has 168 valence electrons. The Hall–Kier alpha value is -3.01. The molecule has 1 fully saturated rings. The predicted octanol–water partition coefficient (Wildman–Crippen LogP) is 0.0169. The molecular formula is C21H29N5O4S. The van der Waals surface area contributed by atoms with Gasteiger partial charge in [0.05, 0.1) is 11.8 Å². The van der Waals surface area contributed by atoms with Crippen molar-refractivity contribution in [3.8, 4) is 0 Å². The number of carbonyl (C=O) groups excluding carboxylic acids is 4. The Labute approximate surface area is 186 Å². The molecular weight excluding hydrogens is 418 g/mol. The van der Waals surface area contributed by atoms with Crippen LogP contribution in [0.1, 0.15) is 12.0 Å². The van der Waals surface area contributed by atoms with Crippen molar-refractivity contribution in [2.45, 2.75) is 31.0 Å². The number of nitrogens with two attached hydrogens (primary N) is 1. The van der Waals surface area contributed by atoms with Crippen molar-refractivity contribution < 1.29 is 19.2 Å². The molecule has 5 amide bonds. The van der Waals surface area contributed by atoms with Crippen LogP contribution in [0.2, 0.25) is 0 Å². The molecule has 3 atom stereocenters. The van der Waals surface area contributed by atoms with E-state index in [1.807, 2.05) is 30.3 Å². The highest BCUT2D eigenvalue weighted by Gasteiger charge is 2.43. The van der Waals surface area contributed by atoms with Crippen LogP contribution < -0.4 is 21.7 Å². The van der Waals surface area contributed by atoms with Crippen LogP contribution in [0.25, 0.3) is 0 Å². The molecule has 1 saturated heterocycles. The molecule has 0 aliphatic carbocycles. The predicted molar refractivity (Wildman–Crippen MR) is 120 cm³/mol. The van der Waals surface area contributed by atoms with Crippen molar-refractivity contribution in [1.29, 1.82) is 0 Å². The molecule has 31 heavy (non-hydrogen) atoms. The normalized spacial score (nSPS) is 18.7. The number of likely N-dealkylation sites (tertiary alicyclic amines) is 1. The van der Waals surface area contributed by atoms with Crippen molar-refractivity contribution >= 4 is 35.5 Å². The summed E-state index contributed by atoms with van der Waals surface area (Å²) in [4.78, 5) is 51.3. The number of hydrogen-bond acceptors (Lipinski definition) is 5. The lowest BCUT2D eigenvalue weighted by molar-refractivity contribution is -0.138. The zero-order valence-electron chi connectivity index (χ0n) is 17.5. The maximum atomic E-state index is 13.2. The first-order chi connectivity index (χ1) is 14.9. The summed E-state index contributed by atoms with van der Waals surface area (Å²) in [6.07, 6.45) is 3.98. The van der Waals surface area contributed by atoms with Crippen LogP contribution >= 0.6 is 11.8 Å². The third-order valence-electron chi connectivity index (χ3n) is 4.92. The molecule has 1 aromatic rings. The lowest BCUT2D eigenvalue weighted by Gasteiger charge is -2.29. The van der Waals surface area contributed by atoms with E-state index in [0.29, 0.717) is 13.0 Å². The van der Waals surface area contributed by atoms with Gasteiger partial charge in [0.2, 0.25) is 17.7 Å². The van der Waals surface area contributed by atoms with Crippen molar-refractivity contribution in [1.82, 2.24) is 20.9 Å². The summed E-state index contributed by atoms with van der Waals surface area (Å²) in [7, 11) is 0. The Morgan fingerprint density at radius 1 is 1.29 bits per heavy atom. The van der Waals surface area contributed by atoms with Crippen molar-refractivity contribution in [3.63, 3.8) is 0 Å². The summed E-state index contributed by atoms with van der Waals surface area (Å²) in [6, 6.07) is 6.24. The second-order valence-electron chi connectivity index (χ2n) is 7.16.